The third-order valence-electron chi connectivity index (χ3n) is 4.73. The van der Waals surface area contributed by atoms with Gasteiger partial charge in [-0.15, -0.1) is 0 Å². The Bertz CT molecular complexity index is 249. The predicted molar refractivity (Wildman–Crippen MR) is 55.7 cm³/mol. The zero-order valence-electron chi connectivity index (χ0n) is 9.24. The molecule has 4 bridgehead atoms. The van der Waals surface area contributed by atoms with Gasteiger partial charge in [0, 0.05) is 5.92 Å². The van der Waals surface area contributed by atoms with Gasteiger partial charge in [0.2, 0.25) is 5.91 Å². The lowest BCUT2D eigenvalue weighted by atomic mass is 9.52. The lowest BCUT2D eigenvalue weighted by molar-refractivity contribution is -0.148. The Labute approximate surface area is 90.5 Å². The Hall–Kier alpha value is -0.570. The lowest BCUT2D eigenvalue weighted by Crippen LogP contribution is -2.50. The Morgan fingerprint density at radius 2 is 1.60 bits per heavy atom. The van der Waals surface area contributed by atoms with Gasteiger partial charge in [-0.1, -0.05) is 0 Å². The highest BCUT2D eigenvalue weighted by molar-refractivity contribution is 5.78. The highest BCUT2D eigenvalue weighted by Gasteiger charge is 2.50. The summed E-state index contributed by atoms with van der Waals surface area (Å²) in [4.78, 5) is 16.7. The molecule has 4 fully saturated rings. The van der Waals surface area contributed by atoms with Crippen LogP contribution in [0.2, 0.25) is 0 Å². The summed E-state index contributed by atoms with van der Waals surface area (Å²) in [5.74, 6) is 3.54. The summed E-state index contributed by atoms with van der Waals surface area (Å²) in [5.41, 5.74) is 2.53. The first-order chi connectivity index (χ1) is 7.28. The zero-order valence-corrected chi connectivity index (χ0v) is 9.24. The minimum atomic E-state index is 0.131. The molecule has 0 aromatic rings. The van der Waals surface area contributed by atoms with E-state index >= 15 is 0 Å². The maximum Gasteiger partial charge on any atom is 0.247 e. The van der Waals surface area contributed by atoms with Crippen molar-refractivity contribution in [3.63, 3.8) is 0 Å². The van der Waals surface area contributed by atoms with E-state index in [1.165, 1.54) is 39.2 Å². The second-order valence-corrected chi connectivity index (χ2v) is 5.63. The van der Waals surface area contributed by atoms with Crippen LogP contribution in [0.5, 0.6) is 0 Å². The van der Waals surface area contributed by atoms with Gasteiger partial charge in [-0.2, -0.15) is 0 Å². The number of amides is 1. The summed E-state index contributed by atoms with van der Waals surface area (Å²) in [6.07, 6.45) is 6.58. The average Bonchev–Trinajstić information content (AvgIpc) is 2.15. The van der Waals surface area contributed by atoms with Gasteiger partial charge in [0.25, 0.3) is 0 Å². The van der Waals surface area contributed by atoms with Crippen molar-refractivity contribution in [3.05, 3.63) is 0 Å². The van der Waals surface area contributed by atoms with E-state index in [2.05, 4.69) is 5.48 Å². The molecule has 1 N–H and O–H groups in total. The summed E-state index contributed by atoms with van der Waals surface area (Å²) in [6, 6.07) is 0. The van der Waals surface area contributed by atoms with Crippen molar-refractivity contribution in [2.24, 2.45) is 29.6 Å². The third-order valence-corrected chi connectivity index (χ3v) is 4.73. The zero-order chi connectivity index (χ0) is 10.4. The summed E-state index contributed by atoms with van der Waals surface area (Å²) >= 11 is 0. The molecule has 1 amide bonds. The number of hydroxylamine groups is 1. The summed E-state index contributed by atoms with van der Waals surface area (Å²) in [6.45, 7) is 0. The molecule has 3 nitrogen and oxygen atoms in total. The van der Waals surface area contributed by atoms with Crippen LogP contribution in [0.15, 0.2) is 0 Å². The van der Waals surface area contributed by atoms with Gasteiger partial charge in [-0.05, 0) is 55.8 Å². The van der Waals surface area contributed by atoms with Crippen LogP contribution in [0.3, 0.4) is 0 Å². The summed E-state index contributed by atoms with van der Waals surface area (Å²) in [5, 5.41) is 0. The molecule has 4 rings (SSSR count). The molecular formula is C12H19NO2. The number of carbonyl (C=O) groups excluding carboxylic acids is 1. The van der Waals surface area contributed by atoms with Crippen molar-refractivity contribution in [2.75, 3.05) is 7.11 Å². The van der Waals surface area contributed by atoms with Crippen LogP contribution < -0.4 is 5.48 Å². The quantitative estimate of drug-likeness (QED) is 0.703. The fourth-order valence-corrected chi connectivity index (χ4v) is 4.52. The first-order valence-corrected chi connectivity index (χ1v) is 6.10. The molecule has 0 radical (unpaired) electrons. The molecule has 3 heteroatoms. The topological polar surface area (TPSA) is 38.3 Å². The Kier molecular flexibility index (Phi) is 2.23. The fourth-order valence-electron chi connectivity index (χ4n) is 4.52. The molecule has 4 aliphatic rings. The smallest absolute Gasteiger partial charge is 0.247 e. The van der Waals surface area contributed by atoms with Gasteiger partial charge in [-0.25, -0.2) is 5.48 Å². The monoisotopic (exact) mass is 209 g/mol. The number of nitrogens with one attached hydrogen (secondary N) is 1. The minimum absolute atomic E-state index is 0.131. The molecule has 0 spiro atoms. The Morgan fingerprint density at radius 1 is 1.07 bits per heavy atom. The van der Waals surface area contributed by atoms with E-state index in [1.54, 1.807) is 0 Å². The van der Waals surface area contributed by atoms with Crippen molar-refractivity contribution in [1.82, 2.24) is 5.48 Å². The second-order valence-electron chi connectivity index (χ2n) is 5.63. The first kappa shape index (κ1) is 9.64. The SMILES string of the molecule is CONC(=O)C1C2CC3CC(C2)CC1C3. The van der Waals surface area contributed by atoms with E-state index in [1.807, 2.05) is 0 Å². The molecule has 4 aliphatic carbocycles. The van der Waals surface area contributed by atoms with Gasteiger partial charge in [0.1, 0.15) is 0 Å². The molecule has 84 valence electrons. The number of hydrogen-bond donors (Lipinski definition) is 1. The van der Waals surface area contributed by atoms with Gasteiger partial charge < -0.3 is 0 Å². The fraction of sp³-hybridized carbons (Fsp3) is 0.917. The predicted octanol–water partition coefficient (Wildman–Crippen LogP) is 1.74. The van der Waals surface area contributed by atoms with Crippen molar-refractivity contribution in [1.29, 1.82) is 0 Å². The number of hydrogen-bond acceptors (Lipinski definition) is 2. The van der Waals surface area contributed by atoms with Crippen molar-refractivity contribution in [3.8, 4) is 0 Å². The average molecular weight is 209 g/mol. The van der Waals surface area contributed by atoms with E-state index in [4.69, 9.17) is 4.84 Å². The molecule has 0 aromatic heterocycles. The van der Waals surface area contributed by atoms with Crippen LogP contribution in [-0.4, -0.2) is 13.0 Å². The Balaban J connectivity index is 1.77. The molecule has 0 atom stereocenters. The molecule has 0 unspecified atom stereocenters. The van der Waals surface area contributed by atoms with Crippen LogP contribution in [0.25, 0.3) is 0 Å². The van der Waals surface area contributed by atoms with Crippen LogP contribution >= 0.6 is 0 Å². The number of rotatable bonds is 2. The van der Waals surface area contributed by atoms with Crippen molar-refractivity contribution < 1.29 is 9.63 Å². The van der Waals surface area contributed by atoms with Crippen molar-refractivity contribution >= 4 is 5.91 Å². The maximum absolute atomic E-state index is 11.9. The highest BCUT2D eigenvalue weighted by atomic mass is 16.6. The molecule has 0 saturated heterocycles. The first-order valence-electron chi connectivity index (χ1n) is 6.10. The molecule has 0 aromatic carbocycles. The lowest BCUT2D eigenvalue weighted by Gasteiger charge is -2.53. The van der Waals surface area contributed by atoms with Gasteiger partial charge in [-0.3, -0.25) is 9.63 Å². The largest absolute Gasteiger partial charge is 0.277 e. The van der Waals surface area contributed by atoms with Gasteiger partial charge in [0.05, 0.1) is 7.11 Å². The molecule has 0 aliphatic heterocycles. The molecule has 4 saturated carbocycles. The van der Waals surface area contributed by atoms with Gasteiger partial charge in [0.15, 0.2) is 0 Å². The van der Waals surface area contributed by atoms with E-state index in [0.29, 0.717) is 11.8 Å². The highest BCUT2D eigenvalue weighted by Crippen LogP contribution is 2.56. The summed E-state index contributed by atoms with van der Waals surface area (Å²) < 4.78 is 0. The van der Waals surface area contributed by atoms with Crippen LogP contribution in [0.1, 0.15) is 32.1 Å². The van der Waals surface area contributed by atoms with Crippen LogP contribution in [-0.2, 0) is 9.63 Å². The van der Waals surface area contributed by atoms with Gasteiger partial charge >= 0.3 is 0 Å². The molecule has 0 heterocycles. The molecular weight excluding hydrogens is 190 g/mol. The maximum atomic E-state index is 11.9. The third kappa shape index (κ3) is 1.48. The molecule has 15 heavy (non-hydrogen) atoms. The van der Waals surface area contributed by atoms with Crippen LogP contribution in [0, 0.1) is 29.6 Å². The van der Waals surface area contributed by atoms with E-state index in [-0.39, 0.29) is 11.8 Å². The van der Waals surface area contributed by atoms with Crippen LogP contribution in [0.4, 0.5) is 0 Å². The summed E-state index contributed by atoms with van der Waals surface area (Å²) in [7, 11) is 1.52. The van der Waals surface area contributed by atoms with E-state index in [0.717, 1.165) is 11.8 Å². The number of carbonyl (C=O) groups is 1. The second kappa shape index (κ2) is 3.48. The van der Waals surface area contributed by atoms with Crippen molar-refractivity contribution in [2.45, 2.75) is 32.1 Å². The Morgan fingerprint density at radius 3 is 2.07 bits per heavy atom. The normalized spacial score (nSPS) is 46.9. The van der Waals surface area contributed by atoms with E-state index < -0.39 is 0 Å². The van der Waals surface area contributed by atoms with E-state index in [9.17, 15) is 4.79 Å². The minimum Gasteiger partial charge on any atom is -0.277 e. The standard InChI is InChI=1S/C12H19NO2/c1-15-13-12(14)11-9-3-7-2-8(5-9)6-10(11)4-7/h7-11H,2-6H2,1H3,(H,13,14).